The van der Waals surface area contributed by atoms with E-state index in [4.69, 9.17) is 5.73 Å². The van der Waals surface area contributed by atoms with Crippen LogP contribution in [0.5, 0.6) is 0 Å². The monoisotopic (exact) mass is 323 g/mol. The van der Waals surface area contributed by atoms with Gasteiger partial charge in [-0.15, -0.1) is 11.3 Å². The van der Waals surface area contributed by atoms with Crippen molar-refractivity contribution in [3.05, 3.63) is 16.1 Å². The van der Waals surface area contributed by atoms with Crippen LogP contribution in [0.3, 0.4) is 0 Å². The first-order valence-corrected chi connectivity index (χ1v) is 9.22. The van der Waals surface area contributed by atoms with E-state index < -0.39 is 0 Å². The summed E-state index contributed by atoms with van der Waals surface area (Å²) in [5.74, 6) is 0.593. The molecule has 0 saturated heterocycles. The van der Waals surface area contributed by atoms with Gasteiger partial charge in [-0.05, 0) is 18.8 Å². The third kappa shape index (κ3) is 4.78. The van der Waals surface area contributed by atoms with Crippen molar-refractivity contribution in [2.75, 3.05) is 6.54 Å². The lowest BCUT2D eigenvalue weighted by molar-refractivity contribution is -0.121. The minimum Gasteiger partial charge on any atom is -0.351 e. The summed E-state index contributed by atoms with van der Waals surface area (Å²) < 4.78 is 0. The number of rotatable bonds is 5. The van der Waals surface area contributed by atoms with Gasteiger partial charge in [-0.1, -0.05) is 40.0 Å². The van der Waals surface area contributed by atoms with E-state index in [1.54, 1.807) is 11.3 Å². The highest BCUT2D eigenvalue weighted by Gasteiger charge is 2.24. The van der Waals surface area contributed by atoms with Crippen LogP contribution in [-0.4, -0.2) is 23.5 Å². The van der Waals surface area contributed by atoms with Crippen LogP contribution in [0, 0.1) is 5.92 Å². The highest BCUT2D eigenvalue weighted by atomic mass is 32.1. The molecule has 1 amide bonds. The van der Waals surface area contributed by atoms with Crippen molar-refractivity contribution in [2.45, 2.75) is 70.8 Å². The van der Waals surface area contributed by atoms with Gasteiger partial charge < -0.3 is 11.1 Å². The third-order valence-corrected chi connectivity index (χ3v) is 5.67. The number of nitrogens with two attached hydrogens (primary N) is 1. The van der Waals surface area contributed by atoms with Gasteiger partial charge in [-0.25, -0.2) is 4.98 Å². The number of nitrogens with one attached hydrogen (secondary N) is 1. The SMILES string of the molecule is CC(C)(C)c1nc(CC(=O)NC(CN)C2CCCCC2)cs1. The molecule has 22 heavy (non-hydrogen) atoms. The Labute approximate surface area is 137 Å². The summed E-state index contributed by atoms with van der Waals surface area (Å²) in [5, 5.41) is 6.21. The molecule has 4 nitrogen and oxygen atoms in total. The van der Waals surface area contributed by atoms with E-state index in [0.717, 1.165) is 10.7 Å². The standard InChI is InChI=1S/C17H29N3OS/c1-17(2,3)16-19-13(11-22-16)9-15(21)20-14(10-18)12-7-5-4-6-8-12/h11-12,14H,4-10,18H2,1-3H3,(H,20,21). The van der Waals surface area contributed by atoms with Crippen LogP contribution < -0.4 is 11.1 Å². The van der Waals surface area contributed by atoms with Gasteiger partial charge in [0.25, 0.3) is 0 Å². The molecule has 124 valence electrons. The van der Waals surface area contributed by atoms with Crippen molar-refractivity contribution in [3.63, 3.8) is 0 Å². The van der Waals surface area contributed by atoms with Crippen LogP contribution in [0.15, 0.2) is 5.38 Å². The number of carbonyl (C=O) groups excluding carboxylic acids is 1. The minimum absolute atomic E-state index is 0.0429. The third-order valence-electron chi connectivity index (χ3n) is 4.35. The van der Waals surface area contributed by atoms with Crippen LogP contribution in [0.1, 0.15) is 63.6 Å². The van der Waals surface area contributed by atoms with Crippen molar-refractivity contribution in [1.82, 2.24) is 10.3 Å². The van der Waals surface area contributed by atoms with Crippen molar-refractivity contribution < 1.29 is 4.79 Å². The number of aromatic nitrogens is 1. The van der Waals surface area contributed by atoms with E-state index in [1.165, 1.54) is 32.1 Å². The summed E-state index contributed by atoms with van der Waals surface area (Å²) in [6.07, 6.45) is 6.57. The molecule has 1 saturated carbocycles. The molecule has 0 aliphatic heterocycles. The molecule has 3 N–H and O–H groups in total. The van der Waals surface area contributed by atoms with Crippen molar-refractivity contribution in [2.24, 2.45) is 11.7 Å². The smallest absolute Gasteiger partial charge is 0.226 e. The largest absolute Gasteiger partial charge is 0.351 e. The van der Waals surface area contributed by atoms with Crippen LogP contribution >= 0.6 is 11.3 Å². The molecule has 5 heteroatoms. The molecule has 0 radical (unpaired) electrons. The molecule has 1 aliphatic carbocycles. The molecular formula is C17H29N3OS. The molecule has 0 aromatic carbocycles. The summed E-state index contributed by atoms with van der Waals surface area (Å²) in [5.41, 5.74) is 6.79. The van der Waals surface area contributed by atoms with Gasteiger partial charge in [0, 0.05) is 23.4 Å². The highest BCUT2D eigenvalue weighted by molar-refractivity contribution is 7.09. The second kappa shape index (κ2) is 7.55. The topological polar surface area (TPSA) is 68.0 Å². The van der Waals surface area contributed by atoms with Crippen molar-refractivity contribution in [1.29, 1.82) is 0 Å². The molecule has 0 spiro atoms. The van der Waals surface area contributed by atoms with Gasteiger partial charge in [-0.3, -0.25) is 4.79 Å². The number of hydrogen-bond donors (Lipinski definition) is 2. The Bertz CT molecular complexity index is 486. The van der Waals surface area contributed by atoms with Crippen molar-refractivity contribution >= 4 is 17.2 Å². The van der Waals surface area contributed by atoms with Crippen molar-refractivity contribution in [3.8, 4) is 0 Å². The normalized spacial score (nSPS) is 18.2. The minimum atomic E-state index is 0.0429. The fourth-order valence-electron chi connectivity index (χ4n) is 3.06. The first-order chi connectivity index (χ1) is 10.4. The lowest BCUT2D eigenvalue weighted by Crippen LogP contribution is -2.46. The predicted molar refractivity (Wildman–Crippen MR) is 92.1 cm³/mol. The summed E-state index contributed by atoms with van der Waals surface area (Å²) in [7, 11) is 0. The van der Waals surface area contributed by atoms with E-state index in [9.17, 15) is 4.79 Å². The van der Waals surface area contributed by atoms with Crippen LogP contribution in [0.4, 0.5) is 0 Å². The Morgan fingerprint density at radius 2 is 2.09 bits per heavy atom. The number of thiazole rings is 1. The number of carbonyl (C=O) groups is 1. The number of nitrogens with zero attached hydrogens (tertiary/aromatic N) is 1. The summed E-state index contributed by atoms with van der Waals surface area (Å²) in [6, 6.07) is 0.119. The zero-order valence-electron chi connectivity index (χ0n) is 14.0. The van der Waals surface area contributed by atoms with E-state index in [2.05, 4.69) is 31.1 Å². The zero-order valence-corrected chi connectivity index (χ0v) is 14.8. The van der Waals surface area contributed by atoms with E-state index in [0.29, 0.717) is 18.9 Å². The maximum absolute atomic E-state index is 12.3. The average molecular weight is 324 g/mol. The van der Waals surface area contributed by atoms with E-state index in [-0.39, 0.29) is 17.4 Å². The molecular weight excluding hydrogens is 294 g/mol. The van der Waals surface area contributed by atoms with Gasteiger partial charge in [0.05, 0.1) is 17.1 Å². The maximum atomic E-state index is 12.3. The molecule has 1 unspecified atom stereocenters. The maximum Gasteiger partial charge on any atom is 0.226 e. The fraction of sp³-hybridized carbons (Fsp3) is 0.765. The van der Waals surface area contributed by atoms with E-state index >= 15 is 0 Å². The number of amides is 1. The fourth-order valence-corrected chi connectivity index (χ4v) is 3.97. The Morgan fingerprint density at radius 1 is 1.41 bits per heavy atom. The van der Waals surface area contributed by atoms with Crippen LogP contribution in [-0.2, 0) is 16.6 Å². The van der Waals surface area contributed by atoms with Gasteiger partial charge in [0.2, 0.25) is 5.91 Å². The van der Waals surface area contributed by atoms with Gasteiger partial charge in [-0.2, -0.15) is 0 Å². The molecule has 1 atom stereocenters. The predicted octanol–water partition coefficient (Wildman–Crippen LogP) is 3.01. The van der Waals surface area contributed by atoms with Crippen LogP contribution in [0.25, 0.3) is 0 Å². The summed E-state index contributed by atoms with van der Waals surface area (Å²) in [4.78, 5) is 16.9. The lowest BCUT2D eigenvalue weighted by Gasteiger charge is -2.30. The Kier molecular flexibility index (Phi) is 5.98. The number of hydrogen-bond acceptors (Lipinski definition) is 4. The summed E-state index contributed by atoms with van der Waals surface area (Å²) >= 11 is 1.64. The highest BCUT2D eigenvalue weighted by Crippen LogP contribution is 2.27. The Balaban J connectivity index is 1.89. The first kappa shape index (κ1) is 17.4. The van der Waals surface area contributed by atoms with Gasteiger partial charge in [0.15, 0.2) is 0 Å². The molecule has 1 aliphatic rings. The molecule has 2 rings (SSSR count). The molecule has 1 aromatic rings. The molecule has 1 heterocycles. The molecule has 0 bridgehead atoms. The van der Waals surface area contributed by atoms with Crippen LogP contribution in [0.2, 0.25) is 0 Å². The second-order valence-electron chi connectivity index (χ2n) is 7.38. The first-order valence-electron chi connectivity index (χ1n) is 8.34. The van der Waals surface area contributed by atoms with Gasteiger partial charge in [0.1, 0.15) is 0 Å². The second-order valence-corrected chi connectivity index (χ2v) is 8.24. The lowest BCUT2D eigenvalue weighted by atomic mass is 9.84. The zero-order chi connectivity index (χ0) is 16.2. The Morgan fingerprint density at radius 3 is 2.64 bits per heavy atom. The molecule has 1 fully saturated rings. The molecule has 1 aromatic heterocycles. The quantitative estimate of drug-likeness (QED) is 0.875. The Hall–Kier alpha value is -0.940. The average Bonchev–Trinajstić information content (AvgIpc) is 2.94. The summed E-state index contributed by atoms with van der Waals surface area (Å²) in [6.45, 7) is 6.95. The van der Waals surface area contributed by atoms with Gasteiger partial charge >= 0.3 is 0 Å². The van der Waals surface area contributed by atoms with E-state index in [1.807, 2.05) is 5.38 Å².